The third-order valence-electron chi connectivity index (χ3n) is 1.88. The van der Waals surface area contributed by atoms with Gasteiger partial charge < -0.3 is 9.97 Å². The average molecular weight is 200 g/mol. The molecule has 0 N–H and O–H groups in total. The standard InChI is InChI=1S/C11H12N4/c1-9-8-10(2)13-11(12-9)14-15-6-4-3-5-7-15/h3-8H,1-2H3. The Morgan fingerprint density at radius 3 is 2.20 bits per heavy atom. The molecule has 4 nitrogen and oxygen atoms in total. The molecule has 0 amide bonds. The Labute approximate surface area is 88.6 Å². The van der Waals surface area contributed by atoms with E-state index in [-0.39, 0.29) is 0 Å². The quantitative estimate of drug-likeness (QED) is 0.694. The molecule has 0 atom stereocenters. The molecule has 0 aromatic carbocycles. The maximum atomic E-state index is 4.26. The van der Waals surface area contributed by atoms with Crippen LogP contribution in [0.2, 0.25) is 0 Å². The third kappa shape index (κ3) is 2.49. The zero-order valence-corrected chi connectivity index (χ0v) is 8.75. The summed E-state index contributed by atoms with van der Waals surface area (Å²) in [5, 5.41) is 0. The molecule has 0 saturated heterocycles. The molecule has 2 aromatic heterocycles. The third-order valence-corrected chi connectivity index (χ3v) is 1.88. The second-order valence-corrected chi connectivity index (χ2v) is 3.31. The lowest BCUT2D eigenvalue weighted by Crippen LogP contribution is -2.26. The van der Waals surface area contributed by atoms with Crippen molar-refractivity contribution < 1.29 is 4.68 Å². The summed E-state index contributed by atoms with van der Waals surface area (Å²) in [6, 6.07) is 7.68. The van der Waals surface area contributed by atoms with Crippen LogP contribution >= 0.6 is 0 Å². The van der Waals surface area contributed by atoms with Gasteiger partial charge in [-0.05, 0) is 25.2 Å². The molecule has 0 aliphatic rings. The molecule has 2 heterocycles. The van der Waals surface area contributed by atoms with Crippen LogP contribution in [0.4, 0.5) is 5.95 Å². The number of rotatable bonds is 2. The van der Waals surface area contributed by atoms with Gasteiger partial charge in [-0.1, -0.05) is 12.1 Å². The summed E-state index contributed by atoms with van der Waals surface area (Å²) >= 11 is 0. The van der Waals surface area contributed by atoms with Crippen LogP contribution in [0.25, 0.3) is 5.43 Å². The zero-order chi connectivity index (χ0) is 10.7. The van der Waals surface area contributed by atoms with E-state index in [1.165, 1.54) is 0 Å². The molecule has 4 heteroatoms. The van der Waals surface area contributed by atoms with Crippen LogP contribution in [0.1, 0.15) is 11.4 Å². The first-order valence-corrected chi connectivity index (χ1v) is 4.75. The normalized spacial score (nSPS) is 10.0. The van der Waals surface area contributed by atoms with Gasteiger partial charge in [0, 0.05) is 12.1 Å². The average Bonchev–Trinajstić information content (AvgIpc) is 2.17. The second-order valence-electron chi connectivity index (χ2n) is 3.31. The van der Waals surface area contributed by atoms with Gasteiger partial charge in [-0.3, -0.25) is 0 Å². The molecule has 0 aliphatic heterocycles. The van der Waals surface area contributed by atoms with Crippen molar-refractivity contribution in [2.24, 2.45) is 0 Å². The Kier molecular flexibility index (Phi) is 2.58. The Bertz CT molecular complexity index is 433. The topological polar surface area (TPSA) is 43.8 Å². The van der Waals surface area contributed by atoms with Gasteiger partial charge in [0.25, 0.3) is 0 Å². The summed E-state index contributed by atoms with van der Waals surface area (Å²) in [4.78, 5) is 8.46. The smallest absolute Gasteiger partial charge is 0.188 e. The number of hydrogen-bond donors (Lipinski definition) is 0. The number of aromatic nitrogens is 3. The van der Waals surface area contributed by atoms with Gasteiger partial charge in [0.15, 0.2) is 12.4 Å². The molecule has 0 spiro atoms. The van der Waals surface area contributed by atoms with Crippen LogP contribution < -0.4 is 4.68 Å². The first kappa shape index (κ1) is 9.58. The largest absolute Gasteiger partial charge is 0.359 e. The zero-order valence-electron chi connectivity index (χ0n) is 8.75. The fourth-order valence-corrected chi connectivity index (χ4v) is 1.31. The highest BCUT2D eigenvalue weighted by Gasteiger charge is 1.96. The lowest BCUT2D eigenvalue weighted by molar-refractivity contribution is -0.619. The van der Waals surface area contributed by atoms with Crippen molar-refractivity contribution in [3.63, 3.8) is 0 Å². The predicted octanol–water partition coefficient (Wildman–Crippen LogP) is 1.85. The summed E-state index contributed by atoms with van der Waals surface area (Å²) in [5.41, 5.74) is 6.11. The van der Waals surface area contributed by atoms with Crippen LogP contribution in [-0.2, 0) is 0 Å². The number of pyridine rings is 1. The van der Waals surface area contributed by atoms with Gasteiger partial charge >= 0.3 is 0 Å². The van der Waals surface area contributed by atoms with Crippen LogP contribution in [0.3, 0.4) is 0 Å². The lowest BCUT2D eigenvalue weighted by Gasteiger charge is -2.09. The Morgan fingerprint density at radius 2 is 1.60 bits per heavy atom. The molecule has 0 bridgehead atoms. The highest BCUT2D eigenvalue weighted by molar-refractivity contribution is 5.28. The van der Waals surface area contributed by atoms with Gasteiger partial charge in [-0.2, -0.15) is 0 Å². The van der Waals surface area contributed by atoms with Crippen molar-refractivity contribution >= 4 is 5.95 Å². The lowest BCUT2D eigenvalue weighted by atomic mass is 10.4. The molecule has 0 aliphatic carbocycles. The molecular formula is C11H12N4. The van der Waals surface area contributed by atoms with Crippen molar-refractivity contribution in [1.29, 1.82) is 0 Å². The SMILES string of the molecule is Cc1cc(C)nc([N-][n+]2ccccc2)n1. The van der Waals surface area contributed by atoms with Crippen LogP contribution in [-0.4, -0.2) is 9.97 Å². The van der Waals surface area contributed by atoms with E-state index in [4.69, 9.17) is 0 Å². The Morgan fingerprint density at radius 1 is 1.00 bits per heavy atom. The van der Waals surface area contributed by atoms with Gasteiger partial charge in [0.05, 0.1) is 5.95 Å². The first-order valence-electron chi connectivity index (χ1n) is 4.75. The molecule has 15 heavy (non-hydrogen) atoms. The summed E-state index contributed by atoms with van der Waals surface area (Å²) in [5.74, 6) is 0.490. The van der Waals surface area contributed by atoms with E-state index in [1.807, 2.05) is 50.5 Å². The fourth-order valence-electron chi connectivity index (χ4n) is 1.31. The van der Waals surface area contributed by atoms with Gasteiger partial charge in [0.1, 0.15) is 0 Å². The Hall–Kier alpha value is -1.97. The molecule has 0 unspecified atom stereocenters. The van der Waals surface area contributed by atoms with E-state index in [1.54, 1.807) is 4.68 Å². The predicted molar refractivity (Wildman–Crippen MR) is 56.6 cm³/mol. The monoisotopic (exact) mass is 200 g/mol. The van der Waals surface area contributed by atoms with Crippen LogP contribution in [0.15, 0.2) is 36.7 Å². The number of nitrogens with zero attached hydrogens (tertiary/aromatic N) is 4. The van der Waals surface area contributed by atoms with E-state index in [0.29, 0.717) is 5.95 Å². The molecule has 0 saturated carbocycles. The molecular weight excluding hydrogens is 188 g/mol. The van der Waals surface area contributed by atoms with E-state index < -0.39 is 0 Å². The van der Waals surface area contributed by atoms with Gasteiger partial charge in [-0.15, -0.1) is 10.1 Å². The van der Waals surface area contributed by atoms with Crippen molar-refractivity contribution in [3.8, 4) is 0 Å². The molecule has 2 aromatic rings. The second kappa shape index (κ2) is 4.04. The van der Waals surface area contributed by atoms with Crippen LogP contribution in [0.5, 0.6) is 0 Å². The van der Waals surface area contributed by atoms with Crippen molar-refractivity contribution in [3.05, 3.63) is 53.5 Å². The number of hydrogen-bond acceptors (Lipinski definition) is 2. The molecule has 2 rings (SSSR count). The minimum Gasteiger partial charge on any atom is -0.359 e. The molecule has 76 valence electrons. The summed E-state index contributed by atoms with van der Waals surface area (Å²) in [6.07, 6.45) is 3.70. The minimum atomic E-state index is 0.490. The summed E-state index contributed by atoms with van der Waals surface area (Å²) < 4.78 is 1.69. The van der Waals surface area contributed by atoms with Crippen molar-refractivity contribution in [2.45, 2.75) is 13.8 Å². The maximum Gasteiger partial charge on any atom is 0.188 e. The van der Waals surface area contributed by atoms with E-state index in [2.05, 4.69) is 15.4 Å². The van der Waals surface area contributed by atoms with E-state index in [9.17, 15) is 0 Å². The highest BCUT2D eigenvalue weighted by atomic mass is 15.4. The van der Waals surface area contributed by atoms with Crippen molar-refractivity contribution in [2.75, 3.05) is 0 Å². The summed E-state index contributed by atoms with van der Waals surface area (Å²) in [6.45, 7) is 3.87. The minimum absolute atomic E-state index is 0.490. The Balaban J connectivity index is 2.25. The van der Waals surface area contributed by atoms with Gasteiger partial charge in [-0.25, -0.2) is 0 Å². The molecule has 0 fully saturated rings. The highest BCUT2D eigenvalue weighted by Crippen LogP contribution is 2.09. The van der Waals surface area contributed by atoms with Crippen molar-refractivity contribution in [1.82, 2.24) is 9.97 Å². The molecule has 0 radical (unpaired) electrons. The first-order chi connectivity index (χ1) is 7.24. The maximum absolute atomic E-state index is 4.26. The van der Waals surface area contributed by atoms with Gasteiger partial charge in [0.2, 0.25) is 0 Å². The number of aryl methyl sites for hydroxylation is 2. The van der Waals surface area contributed by atoms with Crippen LogP contribution in [0, 0.1) is 13.8 Å². The van der Waals surface area contributed by atoms with E-state index >= 15 is 0 Å². The van der Waals surface area contributed by atoms with E-state index in [0.717, 1.165) is 11.4 Å². The summed E-state index contributed by atoms with van der Waals surface area (Å²) in [7, 11) is 0. The fraction of sp³-hybridized carbons (Fsp3) is 0.182.